The molecular weight excluding hydrogens is 453 g/mol. The molecule has 1 saturated carbocycles. The van der Waals surface area contributed by atoms with Crippen molar-refractivity contribution >= 4 is 29.0 Å². The van der Waals surface area contributed by atoms with Crippen LogP contribution < -0.4 is 15.4 Å². The Hall–Kier alpha value is -4.28. The van der Waals surface area contributed by atoms with Gasteiger partial charge >= 0.3 is 0 Å². The Kier molecular flexibility index (Phi) is 5.27. The number of fused-ring (bicyclic) bond motifs is 1. The SMILES string of the molecule is Cc1cc(C(=O)Nc2cc(Oc3ccc4nc(NC(=O)C5CC5(C)C)cn4n3)ccc2F)n(C)n1. The number of nitrogens with zero attached hydrogens (tertiary/aromatic N) is 5. The number of imidazole rings is 1. The van der Waals surface area contributed by atoms with Crippen molar-refractivity contribution in [1.82, 2.24) is 24.4 Å². The first-order valence-corrected chi connectivity index (χ1v) is 11.1. The largest absolute Gasteiger partial charge is 0.438 e. The van der Waals surface area contributed by atoms with Crippen molar-refractivity contribution in [2.45, 2.75) is 27.2 Å². The number of hydrogen-bond donors (Lipinski definition) is 2. The molecule has 1 aromatic carbocycles. The average molecular weight is 478 g/mol. The first-order chi connectivity index (χ1) is 16.6. The minimum absolute atomic E-state index is 0.0192. The smallest absolute Gasteiger partial charge is 0.274 e. The van der Waals surface area contributed by atoms with E-state index in [0.29, 0.717) is 22.9 Å². The van der Waals surface area contributed by atoms with Crippen LogP contribution in [0.3, 0.4) is 0 Å². The highest BCUT2D eigenvalue weighted by Gasteiger charge is 2.50. The van der Waals surface area contributed by atoms with Gasteiger partial charge in [-0.15, -0.1) is 5.10 Å². The molecule has 1 unspecified atom stereocenters. The van der Waals surface area contributed by atoms with Crippen LogP contribution in [-0.2, 0) is 11.8 Å². The van der Waals surface area contributed by atoms with Gasteiger partial charge in [-0.1, -0.05) is 13.8 Å². The maximum absolute atomic E-state index is 14.4. The highest BCUT2D eigenvalue weighted by molar-refractivity contribution is 6.03. The van der Waals surface area contributed by atoms with Crippen LogP contribution in [0.1, 0.15) is 36.5 Å². The van der Waals surface area contributed by atoms with Gasteiger partial charge in [0, 0.05) is 25.1 Å². The third kappa shape index (κ3) is 4.57. The summed E-state index contributed by atoms with van der Waals surface area (Å²) in [6, 6.07) is 8.91. The molecule has 0 bridgehead atoms. The lowest BCUT2D eigenvalue weighted by Crippen LogP contribution is -2.16. The van der Waals surface area contributed by atoms with Crippen molar-refractivity contribution in [3.63, 3.8) is 0 Å². The van der Waals surface area contributed by atoms with E-state index in [4.69, 9.17) is 4.74 Å². The van der Waals surface area contributed by atoms with Crippen LogP contribution in [0.5, 0.6) is 11.6 Å². The molecule has 0 saturated heterocycles. The predicted molar refractivity (Wildman–Crippen MR) is 126 cm³/mol. The van der Waals surface area contributed by atoms with Crippen LogP contribution in [0.2, 0.25) is 0 Å². The topological polar surface area (TPSA) is 115 Å². The van der Waals surface area contributed by atoms with Crippen LogP contribution in [0.25, 0.3) is 5.65 Å². The summed E-state index contributed by atoms with van der Waals surface area (Å²) < 4.78 is 23.1. The molecule has 10 nitrogen and oxygen atoms in total. The Balaban J connectivity index is 1.31. The molecule has 2 amide bonds. The summed E-state index contributed by atoms with van der Waals surface area (Å²) in [4.78, 5) is 29.3. The molecule has 1 fully saturated rings. The quantitative estimate of drug-likeness (QED) is 0.435. The molecular formula is C24H24FN7O3. The number of benzene rings is 1. The number of carbonyl (C=O) groups excluding carboxylic acids is 2. The van der Waals surface area contributed by atoms with E-state index >= 15 is 0 Å². The molecule has 1 aliphatic rings. The van der Waals surface area contributed by atoms with Crippen LogP contribution >= 0.6 is 0 Å². The molecule has 3 heterocycles. The summed E-state index contributed by atoms with van der Waals surface area (Å²) in [5, 5.41) is 13.9. The molecule has 5 rings (SSSR count). The van der Waals surface area contributed by atoms with E-state index in [9.17, 15) is 14.0 Å². The lowest BCUT2D eigenvalue weighted by atomic mass is 10.1. The minimum atomic E-state index is -0.609. The molecule has 1 atom stereocenters. The summed E-state index contributed by atoms with van der Waals surface area (Å²) >= 11 is 0. The van der Waals surface area contributed by atoms with E-state index in [-0.39, 0.29) is 34.6 Å². The zero-order chi connectivity index (χ0) is 24.9. The second-order valence-corrected chi connectivity index (χ2v) is 9.33. The molecule has 180 valence electrons. The van der Waals surface area contributed by atoms with Gasteiger partial charge in [0.1, 0.15) is 17.3 Å². The maximum Gasteiger partial charge on any atom is 0.274 e. The number of nitrogens with one attached hydrogen (secondary N) is 2. The van der Waals surface area contributed by atoms with E-state index in [2.05, 4.69) is 39.7 Å². The van der Waals surface area contributed by atoms with Crippen molar-refractivity contribution < 1.29 is 18.7 Å². The third-order valence-electron chi connectivity index (χ3n) is 6.02. The number of ether oxygens (including phenoxy) is 1. The molecule has 0 spiro atoms. The molecule has 2 N–H and O–H groups in total. The van der Waals surface area contributed by atoms with Crippen LogP contribution in [-0.4, -0.2) is 36.2 Å². The second kappa shape index (κ2) is 8.19. The minimum Gasteiger partial charge on any atom is -0.438 e. The highest BCUT2D eigenvalue weighted by atomic mass is 19.1. The molecule has 11 heteroatoms. The van der Waals surface area contributed by atoms with Gasteiger partial charge in [-0.05, 0) is 43.0 Å². The summed E-state index contributed by atoms with van der Waals surface area (Å²) in [6.45, 7) is 5.87. The Labute approximate surface area is 200 Å². The number of halogens is 1. The van der Waals surface area contributed by atoms with Gasteiger partial charge in [-0.3, -0.25) is 14.3 Å². The van der Waals surface area contributed by atoms with Crippen molar-refractivity contribution in [1.29, 1.82) is 0 Å². The van der Waals surface area contributed by atoms with Crippen molar-refractivity contribution in [3.8, 4) is 11.6 Å². The van der Waals surface area contributed by atoms with Crippen molar-refractivity contribution in [3.05, 3.63) is 59.8 Å². The number of hydrogen-bond acceptors (Lipinski definition) is 6. The molecule has 3 aromatic heterocycles. The zero-order valence-corrected chi connectivity index (χ0v) is 19.7. The number of aromatic nitrogens is 5. The fourth-order valence-electron chi connectivity index (χ4n) is 3.90. The fraction of sp³-hybridized carbons (Fsp3) is 0.292. The predicted octanol–water partition coefficient (Wildman–Crippen LogP) is 3.94. The van der Waals surface area contributed by atoms with E-state index in [1.165, 1.54) is 27.4 Å². The van der Waals surface area contributed by atoms with Crippen molar-refractivity contribution in [2.75, 3.05) is 10.6 Å². The Morgan fingerprint density at radius 1 is 1.14 bits per heavy atom. The molecule has 0 radical (unpaired) electrons. The number of anilines is 2. The van der Waals surface area contributed by atoms with Crippen LogP contribution in [0, 0.1) is 24.1 Å². The monoisotopic (exact) mass is 477 g/mol. The lowest BCUT2D eigenvalue weighted by Gasteiger charge is -2.10. The van der Waals surface area contributed by atoms with Gasteiger partial charge in [0.05, 0.1) is 17.6 Å². The summed E-state index contributed by atoms with van der Waals surface area (Å²) in [7, 11) is 1.64. The van der Waals surface area contributed by atoms with Crippen LogP contribution in [0.4, 0.5) is 15.9 Å². The normalized spacial score (nSPS) is 16.2. The number of amides is 2. The Morgan fingerprint density at radius 3 is 2.60 bits per heavy atom. The first kappa shape index (κ1) is 22.5. The fourth-order valence-corrected chi connectivity index (χ4v) is 3.90. The Morgan fingerprint density at radius 2 is 1.91 bits per heavy atom. The van der Waals surface area contributed by atoms with E-state index in [0.717, 1.165) is 6.42 Å². The van der Waals surface area contributed by atoms with Gasteiger partial charge in [0.2, 0.25) is 11.8 Å². The Bertz CT molecular complexity index is 1470. The maximum atomic E-state index is 14.4. The van der Waals surface area contributed by atoms with Gasteiger partial charge < -0.3 is 15.4 Å². The highest BCUT2D eigenvalue weighted by Crippen LogP contribution is 2.51. The first-order valence-electron chi connectivity index (χ1n) is 11.1. The summed E-state index contributed by atoms with van der Waals surface area (Å²) in [5.74, 6) is -0.277. The number of carbonyl (C=O) groups is 2. The third-order valence-corrected chi connectivity index (χ3v) is 6.02. The van der Waals surface area contributed by atoms with E-state index in [1.807, 2.05) is 0 Å². The summed E-state index contributed by atoms with van der Waals surface area (Å²) in [5.41, 5.74) is 1.49. The van der Waals surface area contributed by atoms with Gasteiger partial charge in [-0.25, -0.2) is 13.9 Å². The average Bonchev–Trinajstić information content (AvgIpc) is 3.09. The van der Waals surface area contributed by atoms with Crippen LogP contribution in [0.15, 0.2) is 42.6 Å². The zero-order valence-electron chi connectivity index (χ0n) is 19.7. The standard InChI is InChI=1S/C24H24FN7O3/c1-13-9-18(31(4)29-13)23(34)26-17-10-14(5-6-16(17)25)35-21-8-7-20-27-19(12-32(20)30-21)28-22(33)15-11-24(15,2)3/h5-10,12,15H,11H2,1-4H3,(H,26,34)(H,28,33). The van der Waals surface area contributed by atoms with E-state index < -0.39 is 11.7 Å². The second-order valence-electron chi connectivity index (χ2n) is 9.33. The van der Waals surface area contributed by atoms with Gasteiger partial charge in [-0.2, -0.15) is 5.10 Å². The summed E-state index contributed by atoms with van der Waals surface area (Å²) in [6.07, 6.45) is 2.45. The van der Waals surface area contributed by atoms with Crippen molar-refractivity contribution in [2.24, 2.45) is 18.4 Å². The lowest BCUT2D eigenvalue weighted by molar-refractivity contribution is -0.118. The number of rotatable bonds is 6. The molecule has 0 aliphatic heterocycles. The molecule has 4 aromatic rings. The number of aryl methyl sites for hydroxylation is 2. The van der Waals surface area contributed by atoms with E-state index in [1.54, 1.807) is 38.4 Å². The van der Waals surface area contributed by atoms with Gasteiger partial charge in [0.25, 0.3) is 5.91 Å². The van der Waals surface area contributed by atoms with Gasteiger partial charge in [0.15, 0.2) is 11.5 Å². The molecule has 35 heavy (non-hydrogen) atoms. The molecule has 1 aliphatic carbocycles.